The third-order valence-corrected chi connectivity index (χ3v) is 3.14. The average Bonchev–Trinajstić information content (AvgIpc) is 2.54. The van der Waals surface area contributed by atoms with Gasteiger partial charge in [-0.1, -0.05) is 0 Å². The number of hydrogen-bond acceptors (Lipinski definition) is 4. The minimum atomic E-state index is -0.193. The molecule has 1 N–H and O–H groups in total. The Morgan fingerprint density at radius 1 is 1.00 bits per heavy atom. The van der Waals surface area contributed by atoms with Crippen LogP contribution in [0.4, 0.5) is 0 Å². The van der Waals surface area contributed by atoms with E-state index in [1.807, 2.05) is 24.3 Å². The molecule has 0 atom stereocenters. The number of amides is 2. The molecule has 0 spiro atoms. The molecular formula is C16H18N4O2. The van der Waals surface area contributed by atoms with Gasteiger partial charge in [-0.25, -0.2) is 0 Å². The van der Waals surface area contributed by atoms with Crippen molar-refractivity contribution in [1.82, 2.24) is 20.2 Å². The van der Waals surface area contributed by atoms with Crippen molar-refractivity contribution in [1.29, 1.82) is 0 Å². The van der Waals surface area contributed by atoms with Gasteiger partial charge in [0.25, 0.3) is 0 Å². The van der Waals surface area contributed by atoms with Crippen LogP contribution >= 0.6 is 0 Å². The monoisotopic (exact) mass is 298 g/mol. The topological polar surface area (TPSA) is 75.2 Å². The third-order valence-electron chi connectivity index (χ3n) is 3.14. The maximum Gasteiger partial charge on any atom is 0.239 e. The fraction of sp³-hybridized carbons (Fsp3) is 0.250. The summed E-state index contributed by atoms with van der Waals surface area (Å²) in [6.07, 6.45) is 6.67. The first-order valence-electron chi connectivity index (χ1n) is 6.95. The maximum atomic E-state index is 12.0. The minimum Gasteiger partial charge on any atom is -0.350 e. The highest BCUT2D eigenvalue weighted by molar-refractivity contribution is 5.83. The van der Waals surface area contributed by atoms with E-state index in [1.165, 1.54) is 11.8 Å². The number of pyridine rings is 2. The first-order chi connectivity index (χ1) is 10.6. The third kappa shape index (κ3) is 4.97. The van der Waals surface area contributed by atoms with Crippen molar-refractivity contribution < 1.29 is 9.59 Å². The molecule has 0 aliphatic rings. The Morgan fingerprint density at radius 2 is 1.55 bits per heavy atom. The molecule has 0 saturated heterocycles. The molecule has 2 aromatic heterocycles. The predicted molar refractivity (Wildman–Crippen MR) is 81.4 cm³/mol. The Labute approximate surface area is 129 Å². The molecular weight excluding hydrogens is 280 g/mol. The van der Waals surface area contributed by atoms with E-state index in [-0.39, 0.29) is 18.4 Å². The van der Waals surface area contributed by atoms with Crippen molar-refractivity contribution in [2.45, 2.75) is 20.0 Å². The summed E-state index contributed by atoms with van der Waals surface area (Å²) in [7, 11) is 0. The van der Waals surface area contributed by atoms with E-state index in [9.17, 15) is 9.59 Å². The summed E-state index contributed by atoms with van der Waals surface area (Å²) in [6.45, 7) is 2.29. The van der Waals surface area contributed by atoms with E-state index in [4.69, 9.17) is 0 Å². The Kier molecular flexibility index (Phi) is 5.59. The number of rotatable bonds is 6. The van der Waals surface area contributed by atoms with E-state index < -0.39 is 0 Å². The van der Waals surface area contributed by atoms with E-state index >= 15 is 0 Å². The van der Waals surface area contributed by atoms with Crippen LogP contribution in [0.5, 0.6) is 0 Å². The highest BCUT2D eigenvalue weighted by Crippen LogP contribution is 2.03. The number of carbonyl (C=O) groups excluding carboxylic acids is 2. The fourth-order valence-corrected chi connectivity index (χ4v) is 1.92. The van der Waals surface area contributed by atoms with Crippen LogP contribution in [0.25, 0.3) is 0 Å². The Bertz CT molecular complexity index is 617. The van der Waals surface area contributed by atoms with Crippen molar-refractivity contribution in [3.05, 3.63) is 60.2 Å². The van der Waals surface area contributed by atoms with E-state index in [0.717, 1.165) is 11.1 Å². The van der Waals surface area contributed by atoms with Crippen molar-refractivity contribution >= 4 is 11.8 Å². The second kappa shape index (κ2) is 7.87. The van der Waals surface area contributed by atoms with Gasteiger partial charge in [0.2, 0.25) is 11.8 Å². The first kappa shape index (κ1) is 15.6. The van der Waals surface area contributed by atoms with Gasteiger partial charge in [0.15, 0.2) is 0 Å². The molecule has 2 aromatic rings. The van der Waals surface area contributed by atoms with Crippen molar-refractivity contribution in [3.63, 3.8) is 0 Å². The van der Waals surface area contributed by atoms with Gasteiger partial charge in [-0.3, -0.25) is 19.6 Å². The van der Waals surface area contributed by atoms with Crippen LogP contribution in [0.1, 0.15) is 18.1 Å². The number of carbonyl (C=O) groups is 2. The standard InChI is InChI=1S/C16H18N4O2/c1-13(21)20(11-15-4-8-18-9-5-15)12-16(22)19-10-14-2-6-17-7-3-14/h2-9H,10-12H2,1H3,(H,19,22). The maximum absolute atomic E-state index is 12.0. The summed E-state index contributed by atoms with van der Waals surface area (Å²) in [5.74, 6) is -0.336. The van der Waals surface area contributed by atoms with Crippen molar-refractivity contribution in [2.75, 3.05) is 6.54 Å². The summed E-state index contributed by atoms with van der Waals surface area (Å²) in [5, 5.41) is 2.80. The molecule has 0 aliphatic heterocycles. The van der Waals surface area contributed by atoms with Gasteiger partial charge in [0, 0.05) is 44.8 Å². The summed E-state index contributed by atoms with van der Waals surface area (Å²) in [4.78, 5) is 33.0. The smallest absolute Gasteiger partial charge is 0.239 e. The SMILES string of the molecule is CC(=O)N(CC(=O)NCc1ccncc1)Cc1ccncc1. The molecule has 0 saturated carbocycles. The van der Waals surface area contributed by atoms with Gasteiger partial charge < -0.3 is 10.2 Å². The number of hydrogen-bond donors (Lipinski definition) is 1. The largest absolute Gasteiger partial charge is 0.350 e. The van der Waals surface area contributed by atoms with Gasteiger partial charge in [-0.2, -0.15) is 0 Å². The van der Waals surface area contributed by atoms with Gasteiger partial charge in [-0.05, 0) is 35.4 Å². The van der Waals surface area contributed by atoms with Crippen molar-refractivity contribution in [2.24, 2.45) is 0 Å². The van der Waals surface area contributed by atoms with Crippen LogP contribution in [0.2, 0.25) is 0 Å². The van der Waals surface area contributed by atoms with Crippen LogP contribution < -0.4 is 5.32 Å². The van der Waals surface area contributed by atoms with Gasteiger partial charge in [0.05, 0.1) is 6.54 Å². The lowest BCUT2D eigenvalue weighted by Crippen LogP contribution is -2.39. The number of nitrogens with one attached hydrogen (secondary N) is 1. The quantitative estimate of drug-likeness (QED) is 0.868. The molecule has 114 valence electrons. The highest BCUT2D eigenvalue weighted by Gasteiger charge is 2.13. The molecule has 0 fully saturated rings. The van der Waals surface area contributed by atoms with E-state index in [0.29, 0.717) is 13.1 Å². The lowest BCUT2D eigenvalue weighted by molar-refractivity contribution is -0.135. The molecule has 2 rings (SSSR count). The van der Waals surface area contributed by atoms with E-state index in [1.54, 1.807) is 24.8 Å². The molecule has 0 radical (unpaired) electrons. The summed E-state index contributed by atoms with van der Waals surface area (Å²) >= 11 is 0. The normalized spacial score (nSPS) is 10.0. The average molecular weight is 298 g/mol. The van der Waals surface area contributed by atoms with Crippen LogP contribution in [0.15, 0.2) is 49.1 Å². The molecule has 2 heterocycles. The molecule has 0 aliphatic carbocycles. The Morgan fingerprint density at radius 3 is 2.09 bits per heavy atom. The Hall–Kier alpha value is -2.76. The highest BCUT2D eigenvalue weighted by atomic mass is 16.2. The van der Waals surface area contributed by atoms with Gasteiger partial charge in [-0.15, -0.1) is 0 Å². The molecule has 6 heteroatoms. The molecule has 0 aromatic carbocycles. The molecule has 0 unspecified atom stereocenters. The molecule has 2 amide bonds. The molecule has 22 heavy (non-hydrogen) atoms. The minimum absolute atomic E-state index is 0.0305. The zero-order chi connectivity index (χ0) is 15.8. The summed E-state index contributed by atoms with van der Waals surface area (Å²) in [5.41, 5.74) is 1.90. The molecule has 6 nitrogen and oxygen atoms in total. The number of aromatic nitrogens is 2. The second-order valence-corrected chi connectivity index (χ2v) is 4.86. The lowest BCUT2D eigenvalue weighted by Gasteiger charge is -2.20. The second-order valence-electron chi connectivity index (χ2n) is 4.86. The van der Waals surface area contributed by atoms with Crippen LogP contribution in [0.3, 0.4) is 0 Å². The Balaban J connectivity index is 1.88. The van der Waals surface area contributed by atoms with Crippen molar-refractivity contribution in [3.8, 4) is 0 Å². The van der Waals surface area contributed by atoms with Crippen LogP contribution in [0, 0.1) is 0 Å². The predicted octanol–water partition coefficient (Wildman–Crippen LogP) is 1.14. The summed E-state index contributed by atoms with van der Waals surface area (Å²) < 4.78 is 0. The van der Waals surface area contributed by atoms with Crippen LogP contribution in [-0.2, 0) is 22.7 Å². The zero-order valence-corrected chi connectivity index (χ0v) is 12.4. The van der Waals surface area contributed by atoms with Gasteiger partial charge in [0.1, 0.15) is 0 Å². The lowest BCUT2D eigenvalue weighted by atomic mass is 10.2. The fourth-order valence-electron chi connectivity index (χ4n) is 1.92. The first-order valence-corrected chi connectivity index (χ1v) is 6.95. The zero-order valence-electron chi connectivity index (χ0n) is 12.4. The number of nitrogens with zero attached hydrogens (tertiary/aromatic N) is 3. The summed E-state index contributed by atoms with van der Waals surface area (Å²) in [6, 6.07) is 7.32. The van der Waals surface area contributed by atoms with E-state index in [2.05, 4.69) is 15.3 Å². The molecule has 0 bridgehead atoms. The van der Waals surface area contributed by atoms with Crippen LogP contribution in [-0.4, -0.2) is 33.2 Å². The van der Waals surface area contributed by atoms with Gasteiger partial charge >= 0.3 is 0 Å².